The summed E-state index contributed by atoms with van der Waals surface area (Å²) in [6.45, 7) is 3.70. The zero-order valence-corrected chi connectivity index (χ0v) is 8.45. The van der Waals surface area contributed by atoms with Crippen LogP contribution < -0.4 is 5.32 Å². The third-order valence-electron chi connectivity index (χ3n) is 1.37. The highest BCUT2D eigenvalue weighted by Crippen LogP contribution is 2.04. The number of thiazole rings is 1. The number of hydrogen-bond acceptors (Lipinski definition) is 3. The molecule has 0 saturated carbocycles. The summed E-state index contributed by atoms with van der Waals surface area (Å²) in [4.78, 5) is 5.23. The molecule has 0 fully saturated rings. The van der Waals surface area contributed by atoms with E-state index in [-0.39, 0.29) is 0 Å². The molecule has 2 nitrogen and oxygen atoms in total. The van der Waals surface area contributed by atoms with E-state index >= 15 is 0 Å². The van der Waals surface area contributed by atoms with Crippen LogP contribution in [0.5, 0.6) is 0 Å². The van der Waals surface area contributed by atoms with Crippen LogP contribution in [0.25, 0.3) is 0 Å². The highest BCUT2D eigenvalue weighted by molar-refractivity contribution is 7.09. The van der Waals surface area contributed by atoms with Gasteiger partial charge < -0.3 is 5.32 Å². The topological polar surface area (TPSA) is 24.9 Å². The maximum Gasteiger partial charge on any atom is 0.0794 e. The second-order valence-electron chi connectivity index (χ2n) is 2.53. The minimum Gasteiger partial charge on any atom is -0.308 e. The average Bonchev–Trinajstić information content (AvgIpc) is 2.57. The first kappa shape index (κ1) is 9.71. The number of aromatic nitrogens is 1. The first-order chi connectivity index (χ1) is 5.83. The summed E-state index contributed by atoms with van der Waals surface area (Å²) >= 11 is 7.16. The Kier molecular flexibility index (Phi) is 4.29. The van der Waals surface area contributed by atoms with E-state index in [1.54, 1.807) is 16.9 Å². The van der Waals surface area contributed by atoms with Gasteiger partial charge in [-0.15, -0.1) is 11.3 Å². The van der Waals surface area contributed by atoms with E-state index in [1.165, 1.54) is 4.88 Å². The monoisotopic (exact) mass is 202 g/mol. The predicted octanol–water partition coefficient (Wildman–Crippen LogP) is 2.38. The Bertz CT molecular complexity index is 244. The second kappa shape index (κ2) is 5.30. The van der Waals surface area contributed by atoms with Gasteiger partial charge in [-0.05, 0) is 12.5 Å². The zero-order chi connectivity index (χ0) is 8.81. The van der Waals surface area contributed by atoms with Crippen molar-refractivity contribution in [1.29, 1.82) is 0 Å². The Labute approximate surface area is 81.3 Å². The van der Waals surface area contributed by atoms with E-state index in [1.807, 2.05) is 18.6 Å². The lowest BCUT2D eigenvalue weighted by atomic mass is 10.3. The Hall–Kier alpha value is -0.380. The molecule has 0 radical (unpaired) electrons. The summed E-state index contributed by atoms with van der Waals surface area (Å²) in [5.41, 5.74) is 4.57. The quantitative estimate of drug-likeness (QED) is 0.811. The number of hydrogen-bond donors (Lipinski definition) is 1. The standard InChI is InChI=1S/C8H11ClN2S/c1-7(2-9)3-10-4-8-5-11-6-12-8/h2,5-6,10H,3-4H2,1H3. The van der Waals surface area contributed by atoms with Gasteiger partial charge in [0.25, 0.3) is 0 Å². The Morgan fingerprint density at radius 3 is 3.25 bits per heavy atom. The summed E-state index contributed by atoms with van der Waals surface area (Å²) in [6, 6.07) is 0. The highest BCUT2D eigenvalue weighted by atomic mass is 35.5. The van der Waals surface area contributed by atoms with Gasteiger partial charge in [-0.2, -0.15) is 0 Å². The lowest BCUT2D eigenvalue weighted by molar-refractivity contribution is 0.748. The van der Waals surface area contributed by atoms with Crippen molar-refractivity contribution in [3.05, 3.63) is 27.7 Å². The minimum absolute atomic E-state index is 0.835. The number of nitrogens with zero attached hydrogens (tertiary/aromatic N) is 1. The van der Waals surface area contributed by atoms with Gasteiger partial charge in [0.2, 0.25) is 0 Å². The molecule has 0 atom stereocenters. The zero-order valence-electron chi connectivity index (χ0n) is 6.88. The molecular weight excluding hydrogens is 192 g/mol. The van der Waals surface area contributed by atoms with Gasteiger partial charge >= 0.3 is 0 Å². The highest BCUT2D eigenvalue weighted by Gasteiger charge is 1.93. The fourth-order valence-electron chi connectivity index (χ4n) is 0.751. The van der Waals surface area contributed by atoms with Crippen molar-refractivity contribution in [3.8, 4) is 0 Å². The molecule has 0 amide bonds. The van der Waals surface area contributed by atoms with Crippen LogP contribution in [0.1, 0.15) is 11.8 Å². The largest absolute Gasteiger partial charge is 0.308 e. The van der Waals surface area contributed by atoms with Gasteiger partial charge in [-0.25, -0.2) is 0 Å². The minimum atomic E-state index is 0.835. The van der Waals surface area contributed by atoms with Crippen LogP contribution in [0.15, 0.2) is 22.8 Å². The van der Waals surface area contributed by atoms with Crippen molar-refractivity contribution < 1.29 is 0 Å². The van der Waals surface area contributed by atoms with Gasteiger partial charge in [-0.1, -0.05) is 11.6 Å². The smallest absolute Gasteiger partial charge is 0.0794 e. The molecule has 4 heteroatoms. The molecule has 0 spiro atoms. The number of rotatable bonds is 4. The molecule has 0 saturated heterocycles. The summed E-state index contributed by atoms with van der Waals surface area (Å²) < 4.78 is 0. The van der Waals surface area contributed by atoms with Crippen molar-refractivity contribution in [2.24, 2.45) is 0 Å². The molecule has 1 heterocycles. The van der Waals surface area contributed by atoms with Crippen molar-refractivity contribution >= 4 is 22.9 Å². The van der Waals surface area contributed by atoms with Crippen molar-refractivity contribution in [2.45, 2.75) is 13.5 Å². The summed E-state index contributed by atoms with van der Waals surface area (Å²) in [5, 5.41) is 3.26. The molecule has 1 aromatic heterocycles. The van der Waals surface area contributed by atoms with Crippen LogP contribution >= 0.6 is 22.9 Å². The summed E-state index contributed by atoms with van der Waals surface area (Å²) in [5.74, 6) is 0. The maximum absolute atomic E-state index is 5.50. The number of nitrogens with one attached hydrogen (secondary N) is 1. The fraction of sp³-hybridized carbons (Fsp3) is 0.375. The lowest BCUT2D eigenvalue weighted by Gasteiger charge is -2.00. The first-order valence-electron chi connectivity index (χ1n) is 3.67. The van der Waals surface area contributed by atoms with Crippen LogP contribution in [-0.4, -0.2) is 11.5 Å². The maximum atomic E-state index is 5.50. The molecule has 1 aromatic rings. The number of halogens is 1. The Morgan fingerprint density at radius 1 is 1.83 bits per heavy atom. The molecule has 0 aliphatic carbocycles. The second-order valence-corrected chi connectivity index (χ2v) is 3.72. The van der Waals surface area contributed by atoms with Crippen molar-refractivity contribution in [2.75, 3.05) is 6.54 Å². The molecule has 0 aromatic carbocycles. The van der Waals surface area contributed by atoms with Gasteiger partial charge in [0, 0.05) is 29.7 Å². The van der Waals surface area contributed by atoms with Gasteiger partial charge in [0.1, 0.15) is 0 Å². The fourth-order valence-corrected chi connectivity index (χ4v) is 1.39. The lowest BCUT2D eigenvalue weighted by Crippen LogP contribution is -2.14. The van der Waals surface area contributed by atoms with E-state index < -0.39 is 0 Å². The van der Waals surface area contributed by atoms with Crippen LogP contribution in [0, 0.1) is 0 Å². The molecule has 0 unspecified atom stereocenters. The third-order valence-corrected chi connectivity index (χ3v) is 2.52. The Balaban J connectivity index is 2.19. The van der Waals surface area contributed by atoms with E-state index in [0.717, 1.165) is 18.7 Å². The van der Waals surface area contributed by atoms with E-state index in [2.05, 4.69) is 10.3 Å². The van der Waals surface area contributed by atoms with Crippen LogP contribution in [0.4, 0.5) is 0 Å². The average molecular weight is 203 g/mol. The molecule has 0 aliphatic rings. The summed E-state index contributed by atoms with van der Waals surface area (Å²) in [6.07, 6.45) is 1.87. The van der Waals surface area contributed by atoms with Gasteiger partial charge in [-0.3, -0.25) is 4.98 Å². The first-order valence-corrected chi connectivity index (χ1v) is 4.98. The van der Waals surface area contributed by atoms with Crippen molar-refractivity contribution in [3.63, 3.8) is 0 Å². The molecule has 1 N–H and O–H groups in total. The molecular formula is C8H11ClN2S. The Morgan fingerprint density at radius 2 is 2.67 bits per heavy atom. The van der Waals surface area contributed by atoms with E-state index in [4.69, 9.17) is 11.6 Å². The molecule has 0 aliphatic heterocycles. The third kappa shape index (κ3) is 3.34. The van der Waals surface area contributed by atoms with E-state index in [0.29, 0.717) is 0 Å². The van der Waals surface area contributed by atoms with Gasteiger partial charge in [0.15, 0.2) is 0 Å². The predicted molar refractivity (Wildman–Crippen MR) is 53.4 cm³/mol. The van der Waals surface area contributed by atoms with Crippen LogP contribution in [0.2, 0.25) is 0 Å². The van der Waals surface area contributed by atoms with E-state index in [9.17, 15) is 0 Å². The van der Waals surface area contributed by atoms with Crippen molar-refractivity contribution in [1.82, 2.24) is 10.3 Å². The summed E-state index contributed by atoms with van der Waals surface area (Å²) in [7, 11) is 0. The normalized spacial score (nSPS) is 12.0. The molecule has 1 rings (SSSR count). The molecule has 12 heavy (non-hydrogen) atoms. The van der Waals surface area contributed by atoms with Gasteiger partial charge in [0.05, 0.1) is 5.51 Å². The van der Waals surface area contributed by atoms with Crippen LogP contribution in [0.3, 0.4) is 0 Å². The van der Waals surface area contributed by atoms with Crippen LogP contribution in [-0.2, 0) is 6.54 Å². The molecule has 0 bridgehead atoms. The molecule has 66 valence electrons. The SMILES string of the molecule is CC(=CCl)CNCc1cncs1.